The molecular formula is C15H24N2O2S. The van der Waals surface area contributed by atoms with Crippen molar-refractivity contribution in [3.63, 3.8) is 0 Å². The molecule has 0 unspecified atom stereocenters. The Bertz CT molecular complexity index is 546. The van der Waals surface area contributed by atoms with Crippen molar-refractivity contribution in [3.05, 3.63) is 29.8 Å². The van der Waals surface area contributed by atoms with Crippen molar-refractivity contribution < 1.29 is 8.42 Å². The van der Waals surface area contributed by atoms with Gasteiger partial charge in [0.25, 0.3) is 0 Å². The Kier molecular flexibility index (Phi) is 4.52. The van der Waals surface area contributed by atoms with Crippen LogP contribution >= 0.6 is 0 Å². The number of nitrogens with one attached hydrogen (secondary N) is 1. The number of nitrogens with two attached hydrogens (primary N) is 1. The zero-order valence-electron chi connectivity index (χ0n) is 12.2. The predicted octanol–water partition coefficient (Wildman–Crippen LogP) is 2.04. The molecule has 2 rings (SSSR count). The Morgan fingerprint density at radius 1 is 1.25 bits per heavy atom. The van der Waals surface area contributed by atoms with Crippen LogP contribution in [0.5, 0.6) is 0 Å². The maximum absolute atomic E-state index is 12.4. The normalized spacial score (nSPS) is 16.4. The van der Waals surface area contributed by atoms with Crippen LogP contribution in [0.4, 0.5) is 0 Å². The molecule has 20 heavy (non-hydrogen) atoms. The molecule has 1 aliphatic carbocycles. The van der Waals surface area contributed by atoms with Crippen LogP contribution in [0, 0.1) is 5.92 Å². The summed E-state index contributed by atoms with van der Waals surface area (Å²) in [6, 6.07) is 7.09. The van der Waals surface area contributed by atoms with Gasteiger partial charge < -0.3 is 5.73 Å². The second-order valence-corrected chi connectivity index (χ2v) is 7.82. The van der Waals surface area contributed by atoms with E-state index in [0.29, 0.717) is 17.4 Å². The molecule has 0 amide bonds. The first-order chi connectivity index (χ1) is 9.35. The first-order valence-corrected chi connectivity index (χ1v) is 8.66. The minimum Gasteiger partial charge on any atom is -0.330 e. The van der Waals surface area contributed by atoms with Crippen LogP contribution in [0.3, 0.4) is 0 Å². The molecule has 1 aromatic rings. The first-order valence-electron chi connectivity index (χ1n) is 7.18. The van der Waals surface area contributed by atoms with Crippen molar-refractivity contribution >= 4 is 10.0 Å². The highest BCUT2D eigenvalue weighted by atomic mass is 32.2. The molecule has 1 aliphatic rings. The zero-order valence-corrected chi connectivity index (χ0v) is 13.0. The third-order valence-electron chi connectivity index (χ3n) is 3.90. The summed E-state index contributed by atoms with van der Waals surface area (Å²) in [5.74, 6) is 0.459. The Labute approximate surface area is 121 Å². The quantitative estimate of drug-likeness (QED) is 0.809. The zero-order chi connectivity index (χ0) is 14.8. The fraction of sp³-hybridized carbons (Fsp3) is 0.600. The van der Waals surface area contributed by atoms with Gasteiger partial charge in [0, 0.05) is 5.54 Å². The first kappa shape index (κ1) is 15.5. The second-order valence-electron chi connectivity index (χ2n) is 6.14. The Morgan fingerprint density at radius 2 is 1.85 bits per heavy atom. The van der Waals surface area contributed by atoms with Crippen LogP contribution < -0.4 is 10.5 Å². The lowest BCUT2D eigenvalue weighted by Gasteiger charge is -2.25. The fourth-order valence-corrected chi connectivity index (χ4v) is 3.91. The number of hydrogen-bond acceptors (Lipinski definition) is 3. The summed E-state index contributed by atoms with van der Waals surface area (Å²) in [5, 5.41) is 0. The molecule has 0 radical (unpaired) electrons. The van der Waals surface area contributed by atoms with Gasteiger partial charge in [-0.15, -0.1) is 0 Å². The lowest BCUT2D eigenvalue weighted by atomic mass is 10.0. The number of aryl methyl sites for hydroxylation is 1. The van der Waals surface area contributed by atoms with E-state index in [4.69, 9.17) is 5.73 Å². The topological polar surface area (TPSA) is 72.2 Å². The van der Waals surface area contributed by atoms with E-state index in [0.717, 1.165) is 31.2 Å². The molecule has 4 nitrogen and oxygen atoms in total. The molecule has 0 atom stereocenters. The van der Waals surface area contributed by atoms with Crippen LogP contribution in [0.1, 0.15) is 38.7 Å². The maximum Gasteiger partial charge on any atom is 0.241 e. The van der Waals surface area contributed by atoms with Crippen molar-refractivity contribution in [1.82, 2.24) is 4.72 Å². The number of hydrogen-bond donors (Lipinski definition) is 2. The predicted molar refractivity (Wildman–Crippen MR) is 80.9 cm³/mol. The van der Waals surface area contributed by atoms with Gasteiger partial charge in [0.2, 0.25) is 10.0 Å². The van der Waals surface area contributed by atoms with E-state index in [1.165, 1.54) is 0 Å². The van der Waals surface area contributed by atoms with Crippen LogP contribution in [0.25, 0.3) is 0 Å². The van der Waals surface area contributed by atoms with Crippen molar-refractivity contribution in [2.24, 2.45) is 11.7 Å². The molecular weight excluding hydrogens is 272 g/mol. The average molecular weight is 296 g/mol. The van der Waals surface area contributed by atoms with Gasteiger partial charge in [0.1, 0.15) is 0 Å². The minimum absolute atomic E-state index is 0.336. The lowest BCUT2D eigenvalue weighted by Crippen LogP contribution is -2.45. The van der Waals surface area contributed by atoms with Gasteiger partial charge in [-0.2, -0.15) is 0 Å². The highest BCUT2D eigenvalue weighted by Crippen LogP contribution is 2.39. The van der Waals surface area contributed by atoms with E-state index >= 15 is 0 Å². The molecule has 1 fully saturated rings. The van der Waals surface area contributed by atoms with E-state index in [2.05, 4.69) is 4.72 Å². The van der Waals surface area contributed by atoms with Gasteiger partial charge in [-0.3, -0.25) is 0 Å². The molecule has 1 aromatic carbocycles. The maximum atomic E-state index is 12.4. The van der Waals surface area contributed by atoms with E-state index < -0.39 is 10.0 Å². The minimum atomic E-state index is -3.43. The summed E-state index contributed by atoms with van der Waals surface area (Å²) in [7, 11) is -3.43. The van der Waals surface area contributed by atoms with Gasteiger partial charge >= 0.3 is 0 Å². The van der Waals surface area contributed by atoms with Gasteiger partial charge in [-0.1, -0.05) is 12.1 Å². The molecule has 0 aromatic heterocycles. The van der Waals surface area contributed by atoms with E-state index in [1.54, 1.807) is 12.1 Å². The van der Waals surface area contributed by atoms with E-state index in [9.17, 15) is 8.42 Å². The average Bonchev–Trinajstić information content (AvgIpc) is 3.20. The Balaban J connectivity index is 2.09. The third-order valence-corrected chi connectivity index (χ3v) is 5.59. The SMILES string of the molecule is CC(C)(NS(=O)(=O)c1ccc(CCCN)cc1)C1CC1. The monoisotopic (exact) mass is 296 g/mol. The summed E-state index contributed by atoms with van der Waals surface area (Å²) in [6.07, 6.45) is 4.01. The largest absolute Gasteiger partial charge is 0.330 e. The molecule has 0 saturated heterocycles. The van der Waals surface area contributed by atoms with Gasteiger partial charge in [-0.25, -0.2) is 13.1 Å². The van der Waals surface area contributed by atoms with Crippen LogP contribution in [0.15, 0.2) is 29.2 Å². The highest BCUT2D eigenvalue weighted by molar-refractivity contribution is 7.89. The smallest absolute Gasteiger partial charge is 0.241 e. The van der Waals surface area contributed by atoms with Crippen LogP contribution in [-0.4, -0.2) is 20.5 Å². The molecule has 0 aliphatic heterocycles. The highest BCUT2D eigenvalue weighted by Gasteiger charge is 2.40. The molecule has 0 bridgehead atoms. The molecule has 0 heterocycles. The van der Waals surface area contributed by atoms with Crippen molar-refractivity contribution in [3.8, 4) is 0 Å². The fourth-order valence-electron chi connectivity index (χ4n) is 2.44. The van der Waals surface area contributed by atoms with Crippen LogP contribution in [-0.2, 0) is 16.4 Å². The van der Waals surface area contributed by atoms with Crippen molar-refractivity contribution in [2.75, 3.05) is 6.54 Å². The number of sulfonamides is 1. The summed E-state index contributed by atoms with van der Waals surface area (Å²) in [4.78, 5) is 0.336. The molecule has 3 N–H and O–H groups in total. The van der Waals surface area contributed by atoms with E-state index in [-0.39, 0.29) is 5.54 Å². The van der Waals surface area contributed by atoms with E-state index in [1.807, 2.05) is 26.0 Å². The van der Waals surface area contributed by atoms with Crippen LogP contribution in [0.2, 0.25) is 0 Å². The Hall–Kier alpha value is -0.910. The summed E-state index contributed by atoms with van der Waals surface area (Å²) in [6.45, 7) is 4.56. The number of benzene rings is 1. The summed E-state index contributed by atoms with van der Waals surface area (Å²) >= 11 is 0. The van der Waals surface area contributed by atoms with Gasteiger partial charge in [0.05, 0.1) is 4.90 Å². The molecule has 1 saturated carbocycles. The Morgan fingerprint density at radius 3 is 2.35 bits per heavy atom. The van der Waals surface area contributed by atoms with Gasteiger partial charge in [-0.05, 0) is 69.7 Å². The lowest BCUT2D eigenvalue weighted by molar-refractivity contribution is 0.400. The molecule has 0 spiro atoms. The van der Waals surface area contributed by atoms with Crippen molar-refractivity contribution in [1.29, 1.82) is 0 Å². The molecule has 5 heteroatoms. The van der Waals surface area contributed by atoms with Crippen molar-refractivity contribution in [2.45, 2.75) is 50.0 Å². The second kappa shape index (κ2) is 5.84. The third kappa shape index (κ3) is 3.81. The summed E-state index contributed by atoms with van der Waals surface area (Å²) in [5.41, 5.74) is 6.23. The summed E-state index contributed by atoms with van der Waals surface area (Å²) < 4.78 is 27.6. The van der Waals surface area contributed by atoms with Gasteiger partial charge in [0.15, 0.2) is 0 Å². The molecule has 112 valence electrons. The number of rotatable bonds is 7. The standard InChI is InChI=1S/C15H24N2O2S/c1-15(2,13-7-8-13)17-20(18,19)14-9-5-12(6-10-14)4-3-11-16/h5-6,9-10,13,17H,3-4,7-8,11,16H2,1-2H3.